The number of aryl methyl sites for hydroxylation is 1. The van der Waals surface area contributed by atoms with Crippen LogP contribution >= 0.6 is 0 Å². The summed E-state index contributed by atoms with van der Waals surface area (Å²) < 4.78 is 0. The maximum atomic E-state index is 3.93. The number of H-pyrrole nitrogens is 1. The normalized spacial score (nSPS) is 18.1. The Kier molecular flexibility index (Phi) is 6.18. The molecule has 0 spiro atoms. The van der Waals surface area contributed by atoms with Crippen molar-refractivity contribution in [1.29, 1.82) is 0 Å². The zero-order valence-electron chi connectivity index (χ0n) is 17.2. The van der Waals surface area contributed by atoms with E-state index in [4.69, 9.17) is 0 Å². The summed E-state index contributed by atoms with van der Waals surface area (Å²) in [6.45, 7) is 14.7. The lowest BCUT2D eigenvalue weighted by Crippen LogP contribution is -2.29. The molecule has 1 atom stereocenters. The first-order valence-corrected chi connectivity index (χ1v) is 10.0. The van der Waals surface area contributed by atoms with Gasteiger partial charge in [-0.3, -0.25) is 0 Å². The van der Waals surface area contributed by atoms with Gasteiger partial charge in [0, 0.05) is 36.0 Å². The SMILES string of the molecule is C=CC=C(C(C)=C(C)CC)c1cc2c([nH]1)C(Cc1cccc(C)c1)CNC2. The average molecular weight is 361 g/mol. The molecule has 142 valence electrons. The van der Waals surface area contributed by atoms with Gasteiger partial charge in [-0.1, -0.05) is 61.1 Å². The van der Waals surface area contributed by atoms with E-state index < -0.39 is 0 Å². The summed E-state index contributed by atoms with van der Waals surface area (Å²) >= 11 is 0. The smallest absolute Gasteiger partial charge is 0.0462 e. The molecule has 2 N–H and O–H groups in total. The largest absolute Gasteiger partial charge is 0.358 e. The second-order valence-corrected chi connectivity index (χ2v) is 7.72. The standard InChI is InChI=1S/C25H32N2/c1-6-9-23(19(5)18(4)7-2)24-14-22-16-26-15-21(25(22)27-24)13-20-11-8-10-17(3)12-20/h6,8-12,14,21,26-27H,1,7,13,15-16H2,2-5H3. The maximum Gasteiger partial charge on any atom is 0.0462 e. The van der Waals surface area contributed by atoms with E-state index in [-0.39, 0.29) is 0 Å². The number of benzene rings is 1. The van der Waals surface area contributed by atoms with Gasteiger partial charge in [0.15, 0.2) is 0 Å². The Bertz CT molecular complexity index is 879. The third-order valence-corrected chi connectivity index (χ3v) is 5.76. The minimum absolute atomic E-state index is 0.478. The Morgan fingerprint density at radius 3 is 2.78 bits per heavy atom. The fraction of sp³-hybridized carbons (Fsp3) is 0.360. The van der Waals surface area contributed by atoms with Gasteiger partial charge in [0.1, 0.15) is 0 Å². The second kappa shape index (κ2) is 8.58. The van der Waals surface area contributed by atoms with Crippen molar-refractivity contribution in [2.45, 2.75) is 53.0 Å². The molecule has 1 aliphatic heterocycles. The summed E-state index contributed by atoms with van der Waals surface area (Å²) in [6.07, 6.45) is 6.15. The Labute approximate surface area is 164 Å². The maximum absolute atomic E-state index is 3.93. The molecule has 2 nitrogen and oxygen atoms in total. The molecule has 0 saturated heterocycles. The number of hydrogen-bond donors (Lipinski definition) is 2. The summed E-state index contributed by atoms with van der Waals surface area (Å²) in [4.78, 5) is 3.77. The quantitative estimate of drug-likeness (QED) is 0.601. The highest BCUT2D eigenvalue weighted by atomic mass is 14.9. The molecule has 0 radical (unpaired) electrons. The summed E-state index contributed by atoms with van der Waals surface area (Å²) in [7, 11) is 0. The van der Waals surface area contributed by atoms with E-state index in [1.807, 2.05) is 6.08 Å². The number of aromatic nitrogens is 1. The van der Waals surface area contributed by atoms with Gasteiger partial charge in [-0.05, 0) is 56.4 Å². The van der Waals surface area contributed by atoms with Crippen LogP contribution in [0.4, 0.5) is 0 Å². The Hall–Kier alpha value is -2.32. The number of fused-ring (bicyclic) bond motifs is 1. The molecule has 1 aromatic carbocycles. The predicted molar refractivity (Wildman–Crippen MR) is 117 cm³/mol. The molecule has 0 amide bonds. The molecule has 1 aromatic heterocycles. The Morgan fingerprint density at radius 2 is 2.07 bits per heavy atom. The van der Waals surface area contributed by atoms with Gasteiger partial charge in [-0.2, -0.15) is 0 Å². The molecule has 2 heteroatoms. The molecule has 0 aliphatic carbocycles. The molecule has 0 bridgehead atoms. The highest BCUT2D eigenvalue weighted by Gasteiger charge is 2.24. The third-order valence-electron chi connectivity index (χ3n) is 5.76. The van der Waals surface area contributed by atoms with Gasteiger partial charge >= 0.3 is 0 Å². The van der Waals surface area contributed by atoms with Crippen LogP contribution in [0.25, 0.3) is 5.57 Å². The Morgan fingerprint density at radius 1 is 1.26 bits per heavy atom. The number of allylic oxidation sites excluding steroid dienone is 5. The third kappa shape index (κ3) is 4.33. The number of aromatic amines is 1. The summed E-state index contributed by atoms with van der Waals surface area (Å²) in [5.74, 6) is 0.478. The molecule has 0 fully saturated rings. The van der Waals surface area contributed by atoms with Crippen LogP contribution in [0.2, 0.25) is 0 Å². The van der Waals surface area contributed by atoms with Crippen molar-refractivity contribution in [3.63, 3.8) is 0 Å². The fourth-order valence-corrected chi connectivity index (χ4v) is 3.98. The lowest BCUT2D eigenvalue weighted by Gasteiger charge is -2.23. The van der Waals surface area contributed by atoms with E-state index in [0.717, 1.165) is 25.9 Å². The molecule has 2 aromatic rings. The molecule has 1 unspecified atom stereocenters. The van der Waals surface area contributed by atoms with Crippen molar-refractivity contribution < 1.29 is 0 Å². The van der Waals surface area contributed by atoms with Crippen LogP contribution in [-0.4, -0.2) is 11.5 Å². The van der Waals surface area contributed by atoms with Gasteiger partial charge < -0.3 is 10.3 Å². The van der Waals surface area contributed by atoms with Gasteiger partial charge in [0.2, 0.25) is 0 Å². The molecular weight excluding hydrogens is 328 g/mol. The molecular formula is C25H32N2. The van der Waals surface area contributed by atoms with E-state index in [9.17, 15) is 0 Å². The molecule has 1 aliphatic rings. The van der Waals surface area contributed by atoms with E-state index in [1.54, 1.807) is 0 Å². The average Bonchev–Trinajstić information content (AvgIpc) is 3.10. The summed E-state index contributed by atoms with van der Waals surface area (Å²) in [5.41, 5.74) is 10.8. The number of rotatable bonds is 6. The van der Waals surface area contributed by atoms with Crippen molar-refractivity contribution in [1.82, 2.24) is 10.3 Å². The molecule has 27 heavy (non-hydrogen) atoms. The molecule has 0 saturated carbocycles. The number of nitrogens with one attached hydrogen (secondary N) is 2. The van der Waals surface area contributed by atoms with Crippen molar-refractivity contribution >= 4 is 5.57 Å². The van der Waals surface area contributed by atoms with Crippen LogP contribution in [-0.2, 0) is 13.0 Å². The van der Waals surface area contributed by atoms with Crippen molar-refractivity contribution in [2.24, 2.45) is 0 Å². The second-order valence-electron chi connectivity index (χ2n) is 7.72. The zero-order valence-corrected chi connectivity index (χ0v) is 17.2. The van der Waals surface area contributed by atoms with E-state index in [0.29, 0.717) is 5.92 Å². The highest BCUT2D eigenvalue weighted by molar-refractivity contribution is 5.79. The molecule has 3 rings (SSSR count). The van der Waals surface area contributed by atoms with Gasteiger partial charge in [-0.15, -0.1) is 0 Å². The first kappa shape index (κ1) is 19.4. The van der Waals surface area contributed by atoms with Crippen molar-refractivity contribution in [3.8, 4) is 0 Å². The van der Waals surface area contributed by atoms with Crippen molar-refractivity contribution in [3.05, 3.63) is 88.3 Å². The van der Waals surface area contributed by atoms with Crippen LogP contribution < -0.4 is 5.32 Å². The Balaban J connectivity index is 1.95. The predicted octanol–water partition coefficient (Wildman–Crippen LogP) is 6.07. The van der Waals surface area contributed by atoms with E-state index in [2.05, 4.69) is 81.0 Å². The van der Waals surface area contributed by atoms with E-state index >= 15 is 0 Å². The zero-order chi connectivity index (χ0) is 19.4. The minimum Gasteiger partial charge on any atom is -0.358 e. The lowest BCUT2D eigenvalue weighted by molar-refractivity contribution is 0.531. The van der Waals surface area contributed by atoms with Crippen LogP contribution in [0.15, 0.2) is 60.2 Å². The number of hydrogen-bond acceptors (Lipinski definition) is 1. The van der Waals surface area contributed by atoms with Gasteiger partial charge in [-0.25, -0.2) is 0 Å². The summed E-state index contributed by atoms with van der Waals surface area (Å²) in [5, 5.41) is 3.60. The van der Waals surface area contributed by atoms with Gasteiger partial charge in [0.05, 0.1) is 0 Å². The first-order valence-electron chi connectivity index (χ1n) is 10.0. The van der Waals surface area contributed by atoms with E-state index in [1.165, 1.54) is 44.8 Å². The molecule has 2 heterocycles. The lowest BCUT2D eigenvalue weighted by atomic mass is 9.91. The minimum atomic E-state index is 0.478. The van der Waals surface area contributed by atoms with Crippen LogP contribution in [0.5, 0.6) is 0 Å². The fourth-order valence-electron chi connectivity index (χ4n) is 3.98. The monoisotopic (exact) mass is 360 g/mol. The van der Waals surface area contributed by atoms with Crippen LogP contribution in [0.3, 0.4) is 0 Å². The van der Waals surface area contributed by atoms with Crippen LogP contribution in [0.1, 0.15) is 61.2 Å². The highest BCUT2D eigenvalue weighted by Crippen LogP contribution is 2.33. The van der Waals surface area contributed by atoms with Crippen molar-refractivity contribution in [2.75, 3.05) is 6.54 Å². The summed E-state index contributed by atoms with van der Waals surface area (Å²) in [6, 6.07) is 11.2. The first-order chi connectivity index (χ1) is 13.0. The van der Waals surface area contributed by atoms with Gasteiger partial charge in [0.25, 0.3) is 0 Å². The topological polar surface area (TPSA) is 27.8 Å². The van der Waals surface area contributed by atoms with Crippen LogP contribution in [0, 0.1) is 6.92 Å².